The van der Waals surface area contributed by atoms with Crippen LogP contribution in [0.5, 0.6) is 0 Å². The third kappa shape index (κ3) is 5.32. The number of aromatic nitrogens is 4. The van der Waals surface area contributed by atoms with Crippen molar-refractivity contribution < 1.29 is 18.7 Å². The molecule has 2 aromatic heterocycles. The van der Waals surface area contributed by atoms with E-state index in [0.29, 0.717) is 48.1 Å². The van der Waals surface area contributed by atoms with Gasteiger partial charge in [0.2, 0.25) is 0 Å². The molecular weight excluding hydrogens is 409 g/mol. The van der Waals surface area contributed by atoms with Crippen molar-refractivity contribution in [1.29, 1.82) is 0 Å². The van der Waals surface area contributed by atoms with E-state index < -0.39 is 5.82 Å². The number of thioether (sulfide) groups is 1. The van der Waals surface area contributed by atoms with E-state index in [9.17, 15) is 14.0 Å². The lowest BCUT2D eigenvalue weighted by atomic mass is 10.2. The summed E-state index contributed by atoms with van der Waals surface area (Å²) >= 11 is 1.33. The SMILES string of the molecule is CCOC(=O)[C@@H](CC)Sc1ccc2nnc(CCNC(=O)c3ccc(F)cc3)n2n1. The fourth-order valence-corrected chi connectivity index (χ4v) is 3.60. The Morgan fingerprint density at radius 2 is 1.93 bits per heavy atom. The summed E-state index contributed by atoms with van der Waals surface area (Å²) in [6, 6.07) is 8.90. The molecule has 0 saturated carbocycles. The zero-order valence-electron chi connectivity index (χ0n) is 16.7. The second-order valence-electron chi connectivity index (χ2n) is 6.34. The Kier molecular flexibility index (Phi) is 7.34. The molecule has 0 aliphatic rings. The van der Waals surface area contributed by atoms with Crippen LogP contribution < -0.4 is 5.32 Å². The minimum absolute atomic E-state index is 0.264. The maximum absolute atomic E-state index is 13.0. The van der Waals surface area contributed by atoms with Gasteiger partial charge >= 0.3 is 5.97 Å². The number of fused-ring (bicyclic) bond motifs is 1. The summed E-state index contributed by atoms with van der Waals surface area (Å²) in [6.07, 6.45) is 1.03. The monoisotopic (exact) mass is 431 g/mol. The van der Waals surface area contributed by atoms with Gasteiger partial charge in [0.25, 0.3) is 5.91 Å². The molecule has 30 heavy (non-hydrogen) atoms. The number of amides is 1. The van der Waals surface area contributed by atoms with Crippen LogP contribution in [-0.4, -0.2) is 50.1 Å². The molecule has 0 aliphatic carbocycles. The number of rotatable bonds is 9. The largest absolute Gasteiger partial charge is 0.465 e. The number of halogens is 1. The first-order chi connectivity index (χ1) is 14.5. The average molecular weight is 431 g/mol. The quantitative estimate of drug-likeness (QED) is 0.411. The topological polar surface area (TPSA) is 98.5 Å². The van der Waals surface area contributed by atoms with Crippen LogP contribution in [0.15, 0.2) is 41.4 Å². The molecule has 1 atom stereocenters. The molecule has 0 spiro atoms. The highest BCUT2D eigenvalue weighted by Crippen LogP contribution is 2.25. The van der Waals surface area contributed by atoms with E-state index in [1.54, 1.807) is 23.6 Å². The van der Waals surface area contributed by atoms with E-state index in [1.165, 1.54) is 36.0 Å². The zero-order chi connectivity index (χ0) is 21.5. The van der Waals surface area contributed by atoms with Crippen molar-refractivity contribution in [3.63, 3.8) is 0 Å². The van der Waals surface area contributed by atoms with Gasteiger partial charge in [-0.15, -0.1) is 10.2 Å². The lowest BCUT2D eigenvalue weighted by molar-refractivity contribution is -0.142. The van der Waals surface area contributed by atoms with E-state index >= 15 is 0 Å². The first-order valence-corrected chi connectivity index (χ1v) is 10.5. The number of nitrogens with zero attached hydrogens (tertiary/aromatic N) is 4. The van der Waals surface area contributed by atoms with Gasteiger partial charge in [0, 0.05) is 18.5 Å². The van der Waals surface area contributed by atoms with Crippen molar-refractivity contribution in [2.75, 3.05) is 13.2 Å². The van der Waals surface area contributed by atoms with Crippen molar-refractivity contribution in [2.45, 2.75) is 37.0 Å². The highest BCUT2D eigenvalue weighted by Gasteiger charge is 2.20. The van der Waals surface area contributed by atoms with Crippen molar-refractivity contribution in [3.8, 4) is 0 Å². The Labute approximate surface area is 177 Å². The number of ether oxygens (including phenoxy) is 1. The molecule has 8 nitrogen and oxygen atoms in total. The number of carbonyl (C=O) groups excluding carboxylic acids is 2. The van der Waals surface area contributed by atoms with Gasteiger partial charge in [-0.2, -0.15) is 9.61 Å². The fourth-order valence-electron chi connectivity index (χ4n) is 2.71. The summed E-state index contributed by atoms with van der Waals surface area (Å²) in [5, 5.41) is 15.8. The number of esters is 1. The molecule has 0 bridgehead atoms. The first-order valence-electron chi connectivity index (χ1n) is 9.60. The van der Waals surface area contributed by atoms with E-state index in [4.69, 9.17) is 4.74 Å². The predicted octanol–water partition coefficient (Wildman–Crippen LogP) is 2.67. The maximum Gasteiger partial charge on any atom is 0.319 e. The summed E-state index contributed by atoms with van der Waals surface area (Å²) in [5.41, 5.74) is 0.951. The van der Waals surface area contributed by atoms with Gasteiger partial charge < -0.3 is 10.1 Å². The smallest absolute Gasteiger partial charge is 0.319 e. The molecule has 0 fully saturated rings. The first kappa shape index (κ1) is 21.7. The van der Waals surface area contributed by atoms with Crippen LogP contribution in [0.25, 0.3) is 5.65 Å². The predicted molar refractivity (Wildman–Crippen MR) is 110 cm³/mol. The van der Waals surface area contributed by atoms with Crippen LogP contribution in [-0.2, 0) is 16.0 Å². The third-order valence-corrected chi connectivity index (χ3v) is 5.50. The number of hydrogen-bond donors (Lipinski definition) is 1. The highest BCUT2D eigenvalue weighted by atomic mass is 32.2. The van der Waals surface area contributed by atoms with Crippen LogP contribution in [0.3, 0.4) is 0 Å². The van der Waals surface area contributed by atoms with Crippen LogP contribution in [0.2, 0.25) is 0 Å². The number of hydrogen-bond acceptors (Lipinski definition) is 7. The molecule has 0 saturated heterocycles. The third-order valence-electron chi connectivity index (χ3n) is 4.23. The molecule has 2 heterocycles. The standard InChI is InChI=1S/C20H22FN5O3S/c1-3-15(20(28)29-4-2)30-18-10-9-16-23-24-17(26(16)25-18)11-12-22-19(27)13-5-7-14(21)8-6-13/h5-10,15H,3-4,11-12H2,1-2H3,(H,22,27)/t15-/m1/s1. The Morgan fingerprint density at radius 1 is 1.17 bits per heavy atom. The fraction of sp³-hybridized carbons (Fsp3) is 0.350. The Balaban J connectivity index is 1.65. The van der Waals surface area contributed by atoms with Gasteiger partial charge in [-0.3, -0.25) is 9.59 Å². The van der Waals surface area contributed by atoms with Crippen molar-refractivity contribution in [2.24, 2.45) is 0 Å². The summed E-state index contributed by atoms with van der Waals surface area (Å²) in [5.74, 6) is -0.377. The molecule has 1 amide bonds. The number of nitrogens with one attached hydrogen (secondary N) is 1. The van der Waals surface area contributed by atoms with Gasteiger partial charge in [0.05, 0.1) is 6.61 Å². The van der Waals surface area contributed by atoms with E-state index in [1.807, 2.05) is 6.92 Å². The lowest BCUT2D eigenvalue weighted by Gasteiger charge is -2.12. The minimum Gasteiger partial charge on any atom is -0.465 e. The summed E-state index contributed by atoms with van der Waals surface area (Å²) in [7, 11) is 0. The highest BCUT2D eigenvalue weighted by molar-refractivity contribution is 8.00. The summed E-state index contributed by atoms with van der Waals surface area (Å²) in [4.78, 5) is 24.2. The Bertz CT molecular complexity index is 1020. The summed E-state index contributed by atoms with van der Waals surface area (Å²) < 4.78 is 19.7. The van der Waals surface area contributed by atoms with Crippen LogP contribution in [0.4, 0.5) is 4.39 Å². The normalized spacial score (nSPS) is 12.0. The maximum atomic E-state index is 13.0. The molecule has 3 aromatic rings. The van der Waals surface area contributed by atoms with Crippen molar-refractivity contribution in [3.05, 3.63) is 53.6 Å². The summed E-state index contributed by atoms with van der Waals surface area (Å²) in [6.45, 7) is 4.34. The molecule has 1 aromatic carbocycles. The van der Waals surface area contributed by atoms with Gasteiger partial charge in [-0.1, -0.05) is 18.7 Å². The Morgan fingerprint density at radius 3 is 2.63 bits per heavy atom. The molecular formula is C20H22FN5O3S. The van der Waals surface area contributed by atoms with Crippen molar-refractivity contribution >= 4 is 29.3 Å². The molecule has 1 N–H and O–H groups in total. The number of benzene rings is 1. The Hall–Kier alpha value is -3.01. The second-order valence-corrected chi connectivity index (χ2v) is 7.56. The molecule has 0 radical (unpaired) electrons. The van der Waals surface area contributed by atoms with Gasteiger partial charge in [-0.25, -0.2) is 4.39 Å². The van der Waals surface area contributed by atoms with Crippen LogP contribution in [0, 0.1) is 5.82 Å². The van der Waals surface area contributed by atoms with Crippen LogP contribution >= 0.6 is 11.8 Å². The van der Waals surface area contributed by atoms with E-state index in [0.717, 1.165) is 0 Å². The second kappa shape index (κ2) is 10.1. The zero-order valence-corrected chi connectivity index (χ0v) is 17.5. The van der Waals surface area contributed by atoms with Gasteiger partial charge in [0.15, 0.2) is 11.5 Å². The minimum atomic E-state index is -0.394. The van der Waals surface area contributed by atoms with E-state index in [-0.39, 0.29) is 17.1 Å². The lowest BCUT2D eigenvalue weighted by Crippen LogP contribution is -2.26. The molecule has 0 aliphatic heterocycles. The molecule has 0 unspecified atom stereocenters. The average Bonchev–Trinajstić information content (AvgIpc) is 3.14. The van der Waals surface area contributed by atoms with E-state index in [2.05, 4.69) is 20.6 Å². The van der Waals surface area contributed by atoms with Crippen LogP contribution in [0.1, 0.15) is 36.5 Å². The van der Waals surface area contributed by atoms with Crippen molar-refractivity contribution in [1.82, 2.24) is 25.1 Å². The molecule has 3 rings (SSSR count). The molecule has 158 valence electrons. The number of carbonyl (C=O) groups is 2. The van der Waals surface area contributed by atoms with Gasteiger partial charge in [-0.05, 0) is 49.7 Å². The molecule has 10 heteroatoms. The van der Waals surface area contributed by atoms with Gasteiger partial charge in [0.1, 0.15) is 16.1 Å².